The molecule has 7 heavy (non-hydrogen) atoms. The molecule has 0 aromatic carbocycles. The van der Waals surface area contributed by atoms with Gasteiger partial charge in [0, 0.05) is 0 Å². The second kappa shape index (κ2) is 2.50. The van der Waals surface area contributed by atoms with Crippen LogP contribution in [0.4, 0.5) is 0 Å². The van der Waals surface area contributed by atoms with Gasteiger partial charge in [-0.25, -0.2) is 0 Å². The fraction of sp³-hybridized carbons (Fsp3) is 1.00. The van der Waals surface area contributed by atoms with E-state index in [1.54, 1.807) is 13.8 Å². The van der Waals surface area contributed by atoms with Crippen LogP contribution in [0.3, 0.4) is 0 Å². The van der Waals surface area contributed by atoms with Crippen LogP contribution in [0.15, 0.2) is 0 Å². The van der Waals surface area contributed by atoms with Gasteiger partial charge >= 0.3 is 53.1 Å². The first kappa shape index (κ1) is 7.97. The Hall–Kier alpha value is 0.970. The molecule has 0 amide bonds. The number of hydrogen-bond acceptors (Lipinski definition) is 1. The average Bonchev–Trinajstić information content (AvgIpc) is 1.31. The normalized spacial score (nSPS) is 15.1. The molecule has 0 bridgehead atoms. The SMILES string of the molecule is CC(C)[PH](O)(Cl)Cl. The molecular formula is C3H9Cl2OP. The van der Waals surface area contributed by atoms with Gasteiger partial charge in [-0.3, -0.25) is 0 Å². The van der Waals surface area contributed by atoms with Crippen molar-refractivity contribution >= 4 is 28.7 Å². The van der Waals surface area contributed by atoms with Gasteiger partial charge in [-0.05, 0) is 0 Å². The summed E-state index contributed by atoms with van der Waals surface area (Å²) in [7, 11) is 0. The van der Waals surface area contributed by atoms with Crippen LogP contribution in [0.5, 0.6) is 0 Å². The molecule has 0 aliphatic rings. The van der Waals surface area contributed by atoms with Gasteiger partial charge in [0.05, 0.1) is 0 Å². The van der Waals surface area contributed by atoms with Crippen LogP contribution in [-0.2, 0) is 0 Å². The zero-order valence-corrected chi connectivity index (χ0v) is 6.79. The second-order valence-electron chi connectivity index (χ2n) is 1.74. The van der Waals surface area contributed by atoms with Crippen LogP contribution >= 0.6 is 28.7 Å². The molecular weight excluding hydrogens is 154 g/mol. The van der Waals surface area contributed by atoms with E-state index in [-0.39, 0.29) is 5.66 Å². The minimum atomic E-state index is -2.79. The number of rotatable bonds is 1. The zero-order valence-electron chi connectivity index (χ0n) is 4.28. The Morgan fingerprint density at radius 2 is 1.57 bits per heavy atom. The average molecular weight is 163 g/mol. The van der Waals surface area contributed by atoms with E-state index in [0.717, 1.165) is 0 Å². The molecule has 1 N–H and O–H groups in total. The van der Waals surface area contributed by atoms with Crippen molar-refractivity contribution in [1.82, 2.24) is 0 Å². The minimum absolute atomic E-state index is 0.0239. The van der Waals surface area contributed by atoms with Crippen LogP contribution in [0.2, 0.25) is 0 Å². The molecule has 0 atom stereocenters. The van der Waals surface area contributed by atoms with Gasteiger partial charge in [0.25, 0.3) is 0 Å². The number of halogens is 2. The standard InChI is InChI=1S/C3H9Cl2OP/c1-3(2)7(4,5)6/h3,6-7H,1-2H3. The first-order valence-corrected chi connectivity index (χ1v) is 6.09. The van der Waals surface area contributed by atoms with E-state index in [0.29, 0.717) is 0 Å². The molecule has 4 heteroatoms. The summed E-state index contributed by atoms with van der Waals surface area (Å²) in [4.78, 5) is 8.76. The molecule has 0 aromatic rings. The molecule has 0 heterocycles. The van der Waals surface area contributed by atoms with Crippen molar-refractivity contribution in [2.45, 2.75) is 19.5 Å². The number of hydrogen-bond donors (Lipinski definition) is 1. The third kappa shape index (κ3) is 3.54. The molecule has 0 aromatic heterocycles. The van der Waals surface area contributed by atoms with Gasteiger partial charge in [-0.1, -0.05) is 0 Å². The Labute approximate surface area is 53.6 Å². The van der Waals surface area contributed by atoms with Crippen molar-refractivity contribution in [3.05, 3.63) is 0 Å². The molecule has 46 valence electrons. The van der Waals surface area contributed by atoms with Crippen molar-refractivity contribution in [2.75, 3.05) is 0 Å². The summed E-state index contributed by atoms with van der Waals surface area (Å²) >= 11 is 10.7. The van der Waals surface area contributed by atoms with Gasteiger partial charge in [0.15, 0.2) is 0 Å². The van der Waals surface area contributed by atoms with Crippen LogP contribution in [0, 0.1) is 0 Å². The molecule has 0 saturated carbocycles. The van der Waals surface area contributed by atoms with Gasteiger partial charge in [-0.2, -0.15) is 0 Å². The quantitative estimate of drug-likeness (QED) is 0.588. The summed E-state index contributed by atoms with van der Waals surface area (Å²) in [6.45, 7) is 3.60. The van der Waals surface area contributed by atoms with E-state index in [9.17, 15) is 0 Å². The maximum absolute atomic E-state index is 8.76. The fourth-order valence-corrected chi connectivity index (χ4v) is 0. The summed E-state index contributed by atoms with van der Waals surface area (Å²) in [5.41, 5.74) is 0.0239. The maximum atomic E-state index is 8.76. The summed E-state index contributed by atoms with van der Waals surface area (Å²) in [6.07, 6.45) is -2.79. The van der Waals surface area contributed by atoms with Crippen molar-refractivity contribution in [3.8, 4) is 0 Å². The Morgan fingerprint density at radius 1 is 1.43 bits per heavy atom. The van der Waals surface area contributed by atoms with E-state index >= 15 is 0 Å². The molecule has 0 aliphatic heterocycles. The molecule has 0 spiro atoms. The summed E-state index contributed by atoms with van der Waals surface area (Å²) in [5.74, 6) is 0. The van der Waals surface area contributed by atoms with E-state index in [4.69, 9.17) is 27.4 Å². The van der Waals surface area contributed by atoms with Crippen molar-refractivity contribution in [3.63, 3.8) is 0 Å². The molecule has 0 rings (SSSR count). The Balaban J connectivity index is 3.54. The van der Waals surface area contributed by atoms with Crippen LogP contribution in [-0.4, -0.2) is 10.6 Å². The second-order valence-corrected chi connectivity index (χ2v) is 8.11. The molecule has 0 aliphatic carbocycles. The molecule has 0 unspecified atom stereocenters. The van der Waals surface area contributed by atoms with Gasteiger partial charge in [-0.15, -0.1) is 0 Å². The molecule has 0 saturated heterocycles. The van der Waals surface area contributed by atoms with Gasteiger partial charge in [0.2, 0.25) is 0 Å². The van der Waals surface area contributed by atoms with Crippen LogP contribution in [0.25, 0.3) is 0 Å². The zero-order chi connectivity index (χ0) is 6.08. The predicted octanol–water partition coefficient (Wildman–Crippen LogP) is 2.36. The third-order valence-corrected chi connectivity index (χ3v) is 4.70. The Morgan fingerprint density at radius 3 is 1.57 bits per heavy atom. The summed E-state index contributed by atoms with van der Waals surface area (Å²) in [6, 6.07) is 0. The van der Waals surface area contributed by atoms with Crippen molar-refractivity contribution in [1.29, 1.82) is 0 Å². The summed E-state index contributed by atoms with van der Waals surface area (Å²) < 4.78 is 0. The van der Waals surface area contributed by atoms with Crippen LogP contribution in [0.1, 0.15) is 13.8 Å². The molecule has 0 fully saturated rings. The Bertz CT molecular complexity index is 58.4. The monoisotopic (exact) mass is 162 g/mol. The first-order valence-electron chi connectivity index (χ1n) is 2.04. The molecule has 0 radical (unpaired) electrons. The van der Waals surface area contributed by atoms with Crippen molar-refractivity contribution < 1.29 is 4.89 Å². The van der Waals surface area contributed by atoms with Crippen molar-refractivity contribution in [2.24, 2.45) is 0 Å². The third-order valence-electron chi connectivity index (χ3n) is 0.695. The first-order chi connectivity index (χ1) is 2.94. The van der Waals surface area contributed by atoms with Gasteiger partial charge in [0.1, 0.15) is 0 Å². The summed E-state index contributed by atoms with van der Waals surface area (Å²) in [5, 5.41) is 0. The Kier molecular flexibility index (Phi) is 2.85. The topological polar surface area (TPSA) is 20.2 Å². The van der Waals surface area contributed by atoms with E-state index < -0.39 is 6.19 Å². The van der Waals surface area contributed by atoms with E-state index in [2.05, 4.69) is 0 Å². The fourth-order valence-electron chi connectivity index (χ4n) is 0. The predicted molar refractivity (Wildman–Crippen MR) is 37.4 cm³/mol. The van der Waals surface area contributed by atoms with Gasteiger partial charge < -0.3 is 0 Å². The van der Waals surface area contributed by atoms with Crippen LogP contribution < -0.4 is 0 Å². The van der Waals surface area contributed by atoms with E-state index in [1.165, 1.54) is 0 Å². The molecule has 1 nitrogen and oxygen atoms in total. The van der Waals surface area contributed by atoms with E-state index in [1.807, 2.05) is 0 Å².